The van der Waals surface area contributed by atoms with E-state index >= 15 is 0 Å². The van der Waals surface area contributed by atoms with Gasteiger partial charge in [-0.2, -0.15) is 0 Å². The number of methoxy groups -OCH3 is 6. The van der Waals surface area contributed by atoms with Crippen molar-refractivity contribution in [2.45, 2.75) is 0 Å². The minimum Gasteiger partial charge on any atom is -0.870 e. The molecular weight excluding hydrogens is 1610 g/mol. The Morgan fingerprint density at radius 2 is 0.362 bits per heavy atom. The van der Waals surface area contributed by atoms with Crippen LogP contribution in [0.25, 0.3) is 0 Å². The molecule has 0 aliphatic heterocycles. The van der Waals surface area contributed by atoms with Crippen LogP contribution in [-0.2, 0) is 73.8 Å². The van der Waals surface area contributed by atoms with Crippen molar-refractivity contribution in [2.75, 3.05) is 64.0 Å². The number of nitrogens with zero attached hydrogens (tertiary/aromatic N) is 6. The molecule has 0 bridgehead atoms. The first-order chi connectivity index (χ1) is 47.9. The summed E-state index contributed by atoms with van der Waals surface area (Å²) >= 11 is 0. The fraction of sp³-hybridized carbons (Fsp3) is 0.130. The number of aliphatic imine (C=N–C) groups is 6. The van der Waals surface area contributed by atoms with Gasteiger partial charge in [0.2, 0.25) is 0 Å². The number of halogens is 2. The molecule has 30 nitrogen and oxygen atoms in total. The molecule has 0 amide bonds. The Bertz CT molecular complexity index is 3490. The van der Waals surface area contributed by atoms with E-state index in [1.165, 1.54) is 79.9 Å². The number of hydrogen-bond acceptors (Lipinski definition) is 29. The van der Waals surface area contributed by atoms with Gasteiger partial charge in [-0.05, 0) is 106 Å². The summed E-state index contributed by atoms with van der Waals surface area (Å²) in [5, 5.41) is 94.3. The van der Waals surface area contributed by atoms with Gasteiger partial charge in [-0.15, -0.1) is 20.5 Å². The molecule has 0 aromatic heterocycles. The Balaban J connectivity index is -0.000000645. The van der Waals surface area contributed by atoms with Gasteiger partial charge in [-0.25, -0.2) is 37.3 Å². The van der Waals surface area contributed by atoms with E-state index in [9.17, 15) is 30.6 Å². The summed E-state index contributed by atoms with van der Waals surface area (Å²) in [5.74, 6) is 0.158. The number of benzene rings is 9. The predicted octanol–water partition coefficient (Wildman–Crippen LogP) is -1.56. The van der Waals surface area contributed by atoms with Crippen LogP contribution in [0, 0.1) is 20.5 Å². The van der Waals surface area contributed by atoms with Crippen molar-refractivity contribution in [3.8, 4) is 69.0 Å². The summed E-state index contributed by atoms with van der Waals surface area (Å²) in [7, 11) is 1.80. The molecule has 9 aromatic carbocycles. The van der Waals surface area contributed by atoms with Gasteiger partial charge in [0.05, 0.1) is 76.8 Å². The third-order valence-corrected chi connectivity index (χ3v) is 12.1. The molecule has 0 heterocycles. The molecule has 0 spiro atoms. The minimum atomic E-state index is -4.94. The van der Waals surface area contributed by atoms with Crippen molar-refractivity contribution in [2.24, 2.45) is 30.0 Å². The van der Waals surface area contributed by atoms with Crippen LogP contribution in [0.4, 0.5) is 34.1 Å². The Kier molecular flexibility index (Phi) is 53.8. The largest absolute Gasteiger partial charge is 2.00 e. The molecule has 36 heteroatoms. The quantitative estimate of drug-likeness (QED) is 0.0497. The second-order valence-electron chi connectivity index (χ2n) is 18.0. The first-order valence-electron chi connectivity index (χ1n) is 28.0. The van der Waals surface area contributed by atoms with Crippen LogP contribution in [-0.4, -0.2) is 117 Å². The number of para-hydroxylation sites is 12. The van der Waals surface area contributed by atoms with E-state index in [-0.39, 0.29) is 143 Å². The molecule has 0 saturated carbocycles. The molecule has 9 aromatic rings. The maximum Gasteiger partial charge on any atom is 2.00 e. The molecule has 9 rings (SSSR count). The number of hydrogen-bond donors (Lipinski definition) is 3. The maximum atomic E-state index is 12.2. The van der Waals surface area contributed by atoms with E-state index in [4.69, 9.17) is 81.0 Å². The van der Waals surface area contributed by atoms with Crippen LogP contribution in [0.2, 0.25) is 0 Å². The van der Waals surface area contributed by atoms with E-state index in [1.807, 2.05) is 36.4 Å². The van der Waals surface area contributed by atoms with Gasteiger partial charge in [-0.1, -0.05) is 144 Å². The van der Waals surface area contributed by atoms with Gasteiger partial charge in [0, 0.05) is 58.6 Å². The van der Waals surface area contributed by atoms with Crippen molar-refractivity contribution < 1.29 is 206 Å². The van der Waals surface area contributed by atoms with Crippen molar-refractivity contribution in [3.63, 3.8) is 0 Å². The van der Waals surface area contributed by atoms with Gasteiger partial charge in [-0.3, -0.25) is 30.0 Å². The molecular formula is C69H69Cl2Cu3FeN6O24+. The van der Waals surface area contributed by atoms with Crippen molar-refractivity contribution >= 4 is 71.4 Å². The first-order valence-corrected chi connectivity index (χ1v) is 30.5. The molecule has 0 saturated heterocycles. The zero-order chi connectivity index (χ0) is 74.8. The third-order valence-electron chi connectivity index (χ3n) is 12.1. The summed E-state index contributed by atoms with van der Waals surface area (Å²) in [5.41, 5.74) is 5.86. The predicted molar refractivity (Wildman–Crippen MR) is 347 cm³/mol. The van der Waals surface area contributed by atoms with Crippen LogP contribution >= 0.6 is 0 Å². The van der Waals surface area contributed by atoms with Crippen LogP contribution < -0.4 is 96.3 Å². The van der Waals surface area contributed by atoms with Gasteiger partial charge in [0.25, 0.3) is 0 Å². The molecule has 0 fully saturated rings. The monoisotopic (exact) mass is 1680 g/mol. The number of aliphatic hydroxyl groups excluding tert-OH is 3. The van der Waals surface area contributed by atoms with Crippen LogP contribution in [0.1, 0.15) is 33.4 Å². The number of ether oxygens (including phenoxy) is 6. The molecule has 0 unspecified atom stereocenters. The average molecular weight is 1680 g/mol. The Labute approximate surface area is 651 Å². The second kappa shape index (κ2) is 55.3. The fourth-order valence-corrected chi connectivity index (χ4v) is 7.65. The van der Waals surface area contributed by atoms with Crippen LogP contribution in [0.15, 0.2) is 212 Å². The summed E-state index contributed by atoms with van der Waals surface area (Å²) < 4.78 is 98.2. The van der Waals surface area contributed by atoms with E-state index in [0.29, 0.717) is 67.5 Å². The van der Waals surface area contributed by atoms with Crippen molar-refractivity contribution in [1.29, 1.82) is 0 Å². The number of rotatable bonds is 18. The Morgan fingerprint density at radius 3 is 0.467 bits per heavy atom. The van der Waals surface area contributed by atoms with Gasteiger partial charge < -0.3 is 79.9 Å². The zero-order valence-electron chi connectivity index (χ0n) is 56.6. The topological polar surface area (TPSA) is 546 Å². The Hall–Kier alpha value is -9.22. The summed E-state index contributed by atoms with van der Waals surface area (Å²) in [6.07, 6.45) is 8.86. The van der Waals surface area contributed by atoms with Gasteiger partial charge in [0.1, 0.15) is 34.5 Å². The standard InChI is InChI=1S/3C22H20N2O4.3CH4O.2ClHO4.3Cu.Fe.H2O/c3*1-27-19-11-5-7-15(21(19)25)13-23-17-9-3-4-10-18(17)24-14-16-8-6-12-20(28-2)22(16)26;3*1-2;2*2-1(3,4)5;;;;;/h3*3-14,25-26H,1-2H3;3*2H,1H3;2*(H,2,3,4,5);;;;;1H2/q;;;;;;;;4*+2;/p-7. The van der Waals surface area contributed by atoms with Crippen molar-refractivity contribution in [3.05, 3.63) is 215 Å². The van der Waals surface area contributed by atoms with Gasteiger partial charge in [0.15, 0.2) is 0 Å². The first kappa shape index (κ1) is 102. The minimum absolute atomic E-state index is 0. The van der Waals surface area contributed by atoms with Crippen molar-refractivity contribution in [1.82, 2.24) is 0 Å². The fourth-order valence-electron chi connectivity index (χ4n) is 7.65. The smallest absolute Gasteiger partial charge is 0.870 e. The SMILES string of the molecule is CO.CO.CO.COc1cccc(C=Nc2ccccc2N=Cc2cccc(OC)c2[O-])c1[O-].COc1cccc(C=Nc2ccccc2N=Cc2cccc(OC)c2[O-])c1[O-].COc1cccc(C=Nc2ccccc2N=Cc2cccc(OC)c2[O-])c1[O-].[Cu+2].[Cu+2].[Cu+2].[Fe+2].[O-][Cl+3]([O-])([O-])[O-].[O-][Cl+3]([O-])([O-])[O-].[OH3+]. The molecule has 105 heavy (non-hydrogen) atoms. The molecule has 573 valence electrons. The van der Waals surface area contributed by atoms with E-state index in [1.54, 1.807) is 146 Å². The summed E-state index contributed by atoms with van der Waals surface area (Å²) in [6, 6.07) is 51.6. The van der Waals surface area contributed by atoms with Gasteiger partial charge >= 0.3 is 68.3 Å². The van der Waals surface area contributed by atoms with E-state index in [0.717, 1.165) is 21.3 Å². The molecule has 0 aliphatic carbocycles. The van der Waals surface area contributed by atoms with Crippen LogP contribution in [0.3, 0.4) is 0 Å². The second-order valence-corrected chi connectivity index (χ2v) is 19.6. The molecule has 0 atom stereocenters. The zero-order valence-corrected chi connectivity index (χ0v) is 62.0. The maximum absolute atomic E-state index is 12.2. The van der Waals surface area contributed by atoms with E-state index < -0.39 is 20.5 Å². The Morgan fingerprint density at radius 1 is 0.248 bits per heavy atom. The molecule has 0 aliphatic rings. The number of aliphatic hydroxyl groups is 3. The summed E-state index contributed by atoms with van der Waals surface area (Å²) in [4.78, 5) is 26.3. The normalized spacial score (nSPS) is 10.3. The van der Waals surface area contributed by atoms with Crippen LogP contribution in [0.5, 0.6) is 69.0 Å². The van der Waals surface area contributed by atoms with E-state index in [2.05, 4.69) is 30.0 Å². The third kappa shape index (κ3) is 36.4. The average Bonchev–Trinajstić information content (AvgIpc) is 0.855. The summed E-state index contributed by atoms with van der Waals surface area (Å²) in [6.45, 7) is 0. The molecule has 3 radical (unpaired) electrons. The molecule has 6 N–H and O–H groups in total.